The van der Waals surface area contributed by atoms with Gasteiger partial charge in [-0.05, 0) is 19.3 Å². The summed E-state index contributed by atoms with van der Waals surface area (Å²) in [6.45, 7) is 1.96. The van der Waals surface area contributed by atoms with E-state index in [1.165, 1.54) is 0 Å². The van der Waals surface area contributed by atoms with Gasteiger partial charge in [0.1, 0.15) is 0 Å². The Labute approximate surface area is 182 Å². The summed E-state index contributed by atoms with van der Waals surface area (Å²) in [7, 11) is 0. The molecule has 0 N–H and O–H groups in total. The molecule has 1 nitrogen and oxygen atoms in total. The summed E-state index contributed by atoms with van der Waals surface area (Å²) in [6, 6.07) is 0. The van der Waals surface area contributed by atoms with Gasteiger partial charge in [-0.2, -0.15) is 57.1 Å². The Morgan fingerprint density at radius 1 is 0.515 bits per heavy atom. The van der Waals surface area contributed by atoms with Crippen molar-refractivity contribution in [2.24, 2.45) is 0 Å². The van der Waals surface area contributed by atoms with Crippen molar-refractivity contribution in [3.8, 4) is 0 Å². The first kappa shape index (κ1) is 31.8. The van der Waals surface area contributed by atoms with Crippen LogP contribution in [0.25, 0.3) is 0 Å². The highest BCUT2D eigenvalue weighted by Crippen LogP contribution is 2.60. The Bertz CT molecular complexity index is 585. The third kappa shape index (κ3) is 7.38. The minimum atomic E-state index is -7.86. The molecule has 0 heterocycles. The largest absolute Gasteiger partial charge is 0.460 e. The van der Waals surface area contributed by atoms with E-state index < -0.39 is 48.8 Å². The maximum atomic E-state index is 13.5. The number of unbranched alkanes of at least 4 members (excludes halogenated alkanes) is 7. The van der Waals surface area contributed by atoms with Gasteiger partial charge in [-0.15, -0.1) is 6.58 Å². The molecule has 0 spiro atoms. The molecule has 14 heteroatoms. The Hall–Kier alpha value is -1.21. The van der Waals surface area contributed by atoms with Crippen molar-refractivity contribution in [2.75, 3.05) is 13.2 Å². The normalized spacial score (nSPS) is 14.6. The van der Waals surface area contributed by atoms with E-state index in [-0.39, 0.29) is 13.0 Å². The molecule has 0 amide bonds. The summed E-state index contributed by atoms with van der Waals surface area (Å²) < 4.78 is 173. The van der Waals surface area contributed by atoms with Crippen LogP contribution in [0.5, 0.6) is 0 Å². The Balaban J connectivity index is 4.74. The second-order valence-electron chi connectivity index (χ2n) is 7.41. The van der Waals surface area contributed by atoms with Gasteiger partial charge in [0.25, 0.3) is 0 Å². The number of alkyl halides is 13. The lowest BCUT2D eigenvalue weighted by Crippen LogP contribution is -2.70. The van der Waals surface area contributed by atoms with Crippen LogP contribution in [0.2, 0.25) is 0 Å². The zero-order valence-electron chi connectivity index (χ0n) is 17.4. The first-order valence-corrected chi connectivity index (χ1v) is 9.95. The van der Waals surface area contributed by atoms with Crippen LogP contribution in [0.3, 0.4) is 0 Å². The van der Waals surface area contributed by atoms with Gasteiger partial charge in [-0.25, -0.2) is 0 Å². The van der Waals surface area contributed by atoms with E-state index in [4.69, 9.17) is 0 Å². The third-order valence-electron chi connectivity index (χ3n) is 4.76. The molecular formula is C19H25F13O. The molecule has 0 aliphatic carbocycles. The summed E-state index contributed by atoms with van der Waals surface area (Å²) in [5.74, 6) is -36.6. The lowest BCUT2D eigenvalue weighted by atomic mass is 9.93. The van der Waals surface area contributed by atoms with Crippen LogP contribution in [0, 0.1) is 0 Å². The van der Waals surface area contributed by atoms with E-state index in [1.54, 1.807) is 6.08 Å². The lowest BCUT2D eigenvalue weighted by Gasteiger charge is -2.39. The quantitative estimate of drug-likeness (QED) is 0.107. The van der Waals surface area contributed by atoms with E-state index >= 15 is 0 Å². The number of rotatable bonds is 17. The van der Waals surface area contributed by atoms with E-state index in [1.807, 2.05) is 0 Å². The SMILES string of the molecule is C=CCCCCCCCCCOCCC(F)(F)C(F)(F)C(F)(F)C(F)(F)C(F)(F)C(F)(F)F. The molecule has 0 aliphatic rings. The van der Waals surface area contributed by atoms with Gasteiger partial charge >= 0.3 is 35.8 Å². The van der Waals surface area contributed by atoms with E-state index in [0.717, 1.165) is 38.5 Å². The molecule has 0 aliphatic heterocycles. The van der Waals surface area contributed by atoms with Gasteiger partial charge in [-0.3, -0.25) is 0 Å². The van der Waals surface area contributed by atoms with Gasteiger partial charge in [0.05, 0.1) is 6.61 Å². The summed E-state index contributed by atoms with van der Waals surface area (Å²) >= 11 is 0. The molecule has 0 atom stereocenters. The number of halogens is 13. The smallest absolute Gasteiger partial charge is 0.381 e. The third-order valence-corrected chi connectivity index (χ3v) is 4.76. The van der Waals surface area contributed by atoms with Gasteiger partial charge in [0.2, 0.25) is 0 Å². The average molecular weight is 516 g/mol. The predicted molar refractivity (Wildman–Crippen MR) is 93.4 cm³/mol. The number of hydrogen-bond acceptors (Lipinski definition) is 1. The molecular weight excluding hydrogens is 491 g/mol. The fourth-order valence-electron chi connectivity index (χ4n) is 2.64. The van der Waals surface area contributed by atoms with Crippen LogP contribution in [0.1, 0.15) is 57.8 Å². The highest BCUT2D eigenvalue weighted by Gasteiger charge is 2.90. The van der Waals surface area contributed by atoms with Crippen molar-refractivity contribution >= 4 is 0 Å². The molecule has 0 aromatic heterocycles. The highest BCUT2D eigenvalue weighted by atomic mass is 19.4. The Morgan fingerprint density at radius 3 is 1.39 bits per heavy atom. The zero-order valence-corrected chi connectivity index (χ0v) is 17.4. The molecule has 0 fully saturated rings. The van der Waals surface area contributed by atoms with Crippen molar-refractivity contribution in [2.45, 2.75) is 93.6 Å². The minimum Gasteiger partial charge on any atom is -0.381 e. The fraction of sp³-hybridized carbons (Fsp3) is 0.895. The summed E-state index contributed by atoms with van der Waals surface area (Å²) in [6.07, 6.45) is -1.74. The van der Waals surface area contributed by atoms with Crippen LogP contribution in [0.15, 0.2) is 12.7 Å². The molecule has 198 valence electrons. The van der Waals surface area contributed by atoms with Crippen LogP contribution in [0.4, 0.5) is 57.1 Å². The van der Waals surface area contributed by atoms with Crippen molar-refractivity contribution < 1.29 is 61.8 Å². The molecule has 0 aromatic carbocycles. The first-order chi connectivity index (χ1) is 14.8. The fourth-order valence-corrected chi connectivity index (χ4v) is 2.64. The van der Waals surface area contributed by atoms with Crippen molar-refractivity contribution in [1.29, 1.82) is 0 Å². The molecule has 0 saturated carbocycles. The Kier molecular flexibility index (Phi) is 11.5. The van der Waals surface area contributed by atoms with Crippen LogP contribution in [-0.2, 0) is 4.74 Å². The van der Waals surface area contributed by atoms with Crippen LogP contribution in [-0.4, -0.2) is 49.0 Å². The van der Waals surface area contributed by atoms with E-state index in [2.05, 4.69) is 11.3 Å². The molecule has 0 bridgehead atoms. The molecule has 0 unspecified atom stereocenters. The van der Waals surface area contributed by atoms with E-state index in [0.29, 0.717) is 6.42 Å². The van der Waals surface area contributed by atoms with Gasteiger partial charge in [0, 0.05) is 13.0 Å². The van der Waals surface area contributed by atoms with Gasteiger partial charge in [-0.1, -0.05) is 38.2 Å². The molecule has 33 heavy (non-hydrogen) atoms. The van der Waals surface area contributed by atoms with Crippen molar-refractivity contribution in [1.82, 2.24) is 0 Å². The lowest BCUT2D eigenvalue weighted by molar-refractivity contribution is -0.440. The first-order valence-electron chi connectivity index (χ1n) is 9.95. The number of hydrogen-bond donors (Lipinski definition) is 0. The van der Waals surface area contributed by atoms with Crippen LogP contribution >= 0.6 is 0 Å². The molecule has 0 saturated heterocycles. The molecule has 0 aromatic rings. The van der Waals surface area contributed by atoms with Gasteiger partial charge in [0.15, 0.2) is 0 Å². The standard InChI is InChI=1S/C19H25F13O/c1-2-3-4-5-6-7-8-9-10-12-33-13-11-14(20,21)15(22,23)16(24,25)17(26,27)18(28,29)19(30,31)32/h2H,1,3-13H2. The van der Waals surface area contributed by atoms with Crippen molar-refractivity contribution in [3.63, 3.8) is 0 Å². The minimum absolute atomic E-state index is 0.267. The second-order valence-corrected chi connectivity index (χ2v) is 7.41. The summed E-state index contributed by atoms with van der Waals surface area (Å²) in [5, 5.41) is 0. The molecule has 0 radical (unpaired) electrons. The average Bonchev–Trinajstić information content (AvgIpc) is 2.67. The van der Waals surface area contributed by atoms with E-state index in [9.17, 15) is 57.1 Å². The predicted octanol–water partition coefficient (Wildman–Crippen LogP) is 8.44. The van der Waals surface area contributed by atoms with Crippen molar-refractivity contribution in [3.05, 3.63) is 12.7 Å². The van der Waals surface area contributed by atoms with Gasteiger partial charge < -0.3 is 4.74 Å². The number of allylic oxidation sites excluding steroid dienone is 1. The zero-order chi connectivity index (χ0) is 26.2. The highest BCUT2D eigenvalue weighted by molar-refractivity contribution is 5.10. The van der Waals surface area contributed by atoms with Crippen LogP contribution < -0.4 is 0 Å². The maximum absolute atomic E-state index is 13.5. The topological polar surface area (TPSA) is 9.23 Å². The monoisotopic (exact) mass is 516 g/mol. The summed E-state index contributed by atoms with van der Waals surface area (Å²) in [4.78, 5) is 0. The second kappa shape index (κ2) is 12.0. The maximum Gasteiger partial charge on any atom is 0.460 e. The Morgan fingerprint density at radius 2 is 0.939 bits per heavy atom. The number of ether oxygens (including phenoxy) is 1. The summed E-state index contributed by atoms with van der Waals surface area (Å²) in [5.41, 5.74) is 0. The molecule has 0 rings (SSSR count).